The van der Waals surface area contributed by atoms with Crippen LogP contribution in [-0.4, -0.2) is 28.3 Å². The summed E-state index contributed by atoms with van der Waals surface area (Å²) in [6.07, 6.45) is 1.53. The van der Waals surface area contributed by atoms with Gasteiger partial charge in [0, 0.05) is 12.2 Å². The molecule has 0 bridgehead atoms. The molecule has 7 nitrogen and oxygen atoms in total. The number of ether oxygens (including phenoxy) is 1. The number of anilines is 3. The molecule has 0 spiro atoms. The predicted molar refractivity (Wildman–Crippen MR) is 94.7 cm³/mol. The van der Waals surface area contributed by atoms with E-state index in [1.54, 1.807) is 24.3 Å². The molecule has 0 aliphatic carbocycles. The summed E-state index contributed by atoms with van der Waals surface area (Å²) < 4.78 is 4.68. The van der Waals surface area contributed by atoms with Crippen molar-refractivity contribution in [1.82, 2.24) is 15.2 Å². The summed E-state index contributed by atoms with van der Waals surface area (Å²) in [6, 6.07) is 16.9. The SMILES string of the molecule is COC(=O)c1ccc(Nc2cnnc(NCc3ccccc3)n2)cc1. The van der Waals surface area contributed by atoms with Gasteiger partial charge < -0.3 is 15.4 Å². The lowest BCUT2D eigenvalue weighted by Gasteiger charge is -2.08. The van der Waals surface area contributed by atoms with Crippen LogP contribution in [0.25, 0.3) is 0 Å². The third-order valence-electron chi connectivity index (χ3n) is 3.43. The molecule has 0 aliphatic rings. The number of carbonyl (C=O) groups excluding carboxylic acids is 1. The summed E-state index contributed by atoms with van der Waals surface area (Å²) in [5.41, 5.74) is 2.39. The quantitative estimate of drug-likeness (QED) is 0.669. The van der Waals surface area contributed by atoms with Crippen LogP contribution in [0.1, 0.15) is 15.9 Å². The highest BCUT2D eigenvalue weighted by Crippen LogP contribution is 2.16. The van der Waals surface area contributed by atoms with Crippen molar-refractivity contribution >= 4 is 23.4 Å². The van der Waals surface area contributed by atoms with Gasteiger partial charge in [-0.25, -0.2) is 4.79 Å². The highest BCUT2D eigenvalue weighted by molar-refractivity contribution is 5.89. The van der Waals surface area contributed by atoms with Gasteiger partial charge >= 0.3 is 5.97 Å². The van der Waals surface area contributed by atoms with Crippen molar-refractivity contribution in [3.63, 3.8) is 0 Å². The van der Waals surface area contributed by atoms with Crippen LogP contribution in [0.3, 0.4) is 0 Å². The van der Waals surface area contributed by atoms with Gasteiger partial charge in [-0.05, 0) is 29.8 Å². The van der Waals surface area contributed by atoms with E-state index >= 15 is 0 Å². The van der Waals surface area contributed by atoms with Crippen LogP contribution >= 0.6 is 0 Å². The lowest BCUT2D eigenvalue weighted by atomic mass is 10.2. The molecule has 3 aromatic rings. The average Bonchev–Trinajstić information content (AvgIpc) is 2.67. The Morgan fingerprint density at radius 3 is 2.56 bits per heavy atom. The van der Waals surface area contributed by atoms with Gasteiger partial charge in [-0.1, -0.05) is 30.3 Å². The molecule has 0 fully saturated rings. The summed E-state index contributed by atoms with van der Waals surface area (Å²) in [7, 11) is 1.35. The Hall–Kier alpha value is -3.48. The molecule has 2 N–H and O–H groups in total. The minimum Gasteiger partial charge on any atom is -0.465 e. The Kier molecular flexibility index (Phi) is 5.16. The fraction of sp³-hybridized carbons (Fsp3) is 0.111. The van der Waals surface area contributed by atoms with Crippen molar-refractivity contribution in [2.45, 2.75) is 6.54 Å². The van der Waals surface area contributed by atoms with E-state index in [1.165, 1.54) is 13.3 Å². The first-order valence-electron chi connectivity index (χ1n) is 7.67. The van der Waals surface area contributed by atoms with Crippen LogP contribution in [0, 0.1) is 0 Å². The van der Waals surface area contributed by atoms with E-state index in [-0.39, 0.29) is 5.97 Å². The molecule has 0 atom stereocenters. The summed E-state index contributed by atoms with van der Waals surface area (Å²) >= 11 is 0. The van der Waals surface area contributed by atoms with Crippen LogP contribution in [0.5, 0.6) is 0 Å². The molecule has 126 valence electrons. The zero-order valence-corrected chi connectivity index (χ0v) is 13.6. The lowest BCUT2D eigenvalue weighted by Crippen LogP contribution is -2.06. The maximum atomic E-state index is 11.4. The summed E-state index contributed by atoms with van der Waals surface area (Å²) in [5.74, 6) is 0.610. The number of esters is 1. The fourth-order valence-corrected chi connectivity index (χ4v) is 2.17. The van der Waals surface area contributed by atoms with E-state index in [1.807, 2.05) is 30.3 Å². The van der Waals surface area contributed by atoms with Gasteiger partial charge in [0.15, 0.2) is 5.82 Å². The molecular weight excluding hydrogens is 318 g/mol. The number of hydrogen-bond acceptors (Lipinski definition) is 7. The minimum absolute atomic E-state index is 0.373. The number of hydrogen-bond donors (Lipinski definition) is 2. The number of nitrogens with zero attached hydrogens (tertiary/aromatic N) is 3. The normalized spacial score (nSPS) is 10.1. The van der Waals surface area contributed by atoms with E-state index in [9.17, 15) is 4.79 Å². The largest absolute Gasteiger partial charge is 0.465 e. The molecule has 0 aliphatic heterocycles. The molecule has 0 saturated heterocycles. The van der Waals surface area contributed by atoms with Crippen molar-refractivity contribution in [3.8, 4) is 0 Å². The first-order valence-corrected chi connectivity index (χ1v) is 7.67. The van der Waals surface area contributed by atoms with Crippen molar-refractivity contribution in [2.75, 3.05) is 17.7 Å². The van der Waals surface area contributed by atoms with Gasteiger partial charge in [0.1, 0.15) is 0 Å². The molecule has 7 heteroatoms. The topological polar surface area (TPSA) is 89.0 Å². The van der Waals surface area contributed by atoms with Crippen LogP contribution in [-0.2, 0) is 11.3 Å². The highest BCUT2D eigenvalue weighted by atomic mass is 16.5. The number of rotatable bonds is 6. The van der Waals surface area contributed by atoms with Crippen molar-refractivity contribution < 1.29 is 9.53 Å². The molecule has 1 heterocycles. The monoisotopic (exact) mass is 335 g/mol. The lowest BCUT2D eigenvalue weighted by molar-refractivity contribution is 0.0601. The maximum Gasteiger partial charge on any atom is 0.337 e. The van der Waals surface area contributed by atoms with Gasteiger partial charge in [-0.3, -0.25) is 0 Å². The minimum atomic E-state index is -0.373. The van der Waals surface area contributed by atoms with E-state index in [2.05, 4.69) is 30.6 Å². The average molecular weight is 335 g/mol. The second kappa shape index (κ2) is 7.87. The molecule has 3 rings (SSSR count). The Morgan fingerprint density at radius 1 is 1.08 bits per heavy atom. The summed E-state index contributed by atoms with van der Waals surface area (Å²) in [6.45, 7) is 0.611. The molecule has 25 heavy (non-hydrogen) atoms. The number of benzene rings is 2. The third kappa shape index (κ3) is 4.51. The smallest absolute Gasteiger partial charge is 0.337 e. The highest BCUT2D eigenvalue weighted by Gasteiger charge is 2.05. The first kappa shape index (κ1) is 16.4. The second-order valence-corrected chi connectivity index (χ2v) is 5.20. The van der Waals surface area contributed by atoms with Gasteiger partial charge in [0.2, 0.25) is 5.95 Å². The Balaban J connectivity index is 1.64. The molecule has 0 amide bonds. The molecule has 2 aromatic carbocycles. The van der Waals surface area contributed by atoms with Crippen LogP contribution in [0.2, 0.25) is 0 Å². The van der Waals surface area contributed by atoms with Gasteiger partial charge in [-0.15, -0.1) is 5.10 Å². The molecule has 0 unspecified atom stereocenters. The zero-order valence-electron chi connectivity index (χ0n) is 13.6. The Labute approximate surface area is 145 Å². The van der Waals surface area contributed by atoms with Gasteiger partial charge in [0.05, 0.1) is 18.9 Å². The third-order valence-corrected chi connectivity index (χ3v) is 3.43. The van der Waals surface area contributed by atoms with Crippen molar-refractivity contribution in [3.05, 3.63) is 71.9 Å². The zero-order chi connectivity index (χ0) is 17.5. The predicted octanol–water partition coefficient (Wildman–Crippen LogP) is 3.01. The molecular formula is C18H17N5O2. The number of carbonyl (C=O) groups is 1. The van der Waals surface area contributed by atoms with E-state index in [0.717, 1.165) is 11.3 Å². The van der Waals surface area contributed by atoms with Crippen molar-refractivity contribution in [2.24, 2.45) is 0 Å². The van der Waals surface area contributed by atoms with Gasteiger partial charge in [0.25, 0.3) is 0 Å². The van der Waals surface area contributed by atoms with E-state index < -0.39 is 0 Å². The molecule has 1 aromatic heterocycles. The van der Waals surface area contributed by atoms with Crippen LogP contribution in [0.4, 0.5) is 17.5 Å². The Morgan fingerprint density at radius 2 is 1.84 bits per heavy atom. The fourth-order valence-electron chi connectivity index (χ4n) is 2.17. The summed E-state index contributed by atoms with van der Waals surface area (Å²) in [4.78, 5) is 15.8. The molecule has 0 saturated carbocycles. The summed E-state index contributed by atoms with van der Waals surface area (Å²) in [5, 5.41) is 14.2. The van der Waals surface area contributed by atoms with Gasteiger partial charge in [-0.2, -0.15) is 10.1 Å². The van der Waals surface area contributed by atoms with Crippen LogP contribution in [0.15, 0.2) is 60.8 Å². The van der Waals surface area contributed by atoms with Crippen molar-refractivity contribution in [1.29, 1.82) is 0 Å². The molecule has 0 radical (unpaired) electrons. The van der Waals surface area contributed by atoms with Crippen LogP contribution < -0.4 is 10.6 Å². The number of methoxy groups -OCH3 is 1. The van der Waals surface area contributed by atoms with E-state index in [4.69, 9.17) is 0 Å². The maximum absolute atomic E-state index is 11.4. The first-order chi connectivity index (χ1) is 12.2. The van der Waals surface area contributed by atoms with E-state index in [0.29, 0.717) is 23.9 Å². The standard InChI is InChI=1S/C18H17N5O2/c1-25-17(24)14-7-9-15(10-8-14)21-16-12-20-23-18(22-16)19-11-13-5-3-2-4-6-13/h2-10,12H,11H2,1H3,(H2,19,21,22,23). The Bertz CT molecular complexity index is 838. The second-order valence-electron chi connectivity index (χ2n) is 5.20. The number of nitrogens with one attached hydrogen (secondary N) is 2. The number of aromatic nitrogens is 3.